The molecule has 0 heterocycles. The van der Waals surface area contributed by atoms with E-state index in [0.29, 0.717) is 30.1 Å². The van der Waals surface area contributed by atoms with Crippen LogP contribution in [0.3, 0.4) is 0 Å². The minimum Gasteiger partial charge on any atom is -0.465 e. The molecule has 2 N–H and O–H groups in total. The van der Waals surface area contributed by atoms with Gasteiger partial charge in [0.05, 0.1) is 12.7 Å². The monoisotopic (exact) mass is 346 g/mol. The zero-order valence-electron chi connectivity index (χ0n) is 13.3. The van der Waals surface area contributed by atoms with Gasteiger partial charge in [-0.25, -0.2) is 4.79 Å². The van der Waals surface area contributed by atoms with E-state index in [1.807, 2.05) is 18.2 Å². The molecule has 0 saturated heterocycles. The SMILES string of the molecule is COC(=O)c1cccc(NCCC(=O)NCc2ccc(Cl)cc2)c1. The van der Waals surface area contributed by atoms with Crippen LogP contribution in [0.2, 0.25) is 5.02 Å². The number of nitrogens with one attached hydrogen (secondary N) is 2. The predicted octanol–water partition coefficient (Wildman–Crippen LogP) is 3.25. The third kappa shape index (κ3) is 5.59. The van der Waals surface area contributed by atoms with Crippen LogP contribution in [-0.4, -0.2) is 25.5 Å². The third-order valence-electron chi connectivity index (χ3n) is 3.37. The van der Waals surface area contributed by atoms with Crippen molar-refractivity contribution >= 4 is 29.2 Å². The summed E-state index contributed by atoms with van der Waals surface area (Å²) >= 11 is 5.82. The number of rotatable bonds is 7. The summed E-state index contributed by atoms with van der Waals surface area (Å²) in [4.78, 5) is 23.3. The summed E-state index contributed by atoms with van der Waals surface area (Å²) < 4.78 is 4.68. The van der Waals surface area contributed by atoms with Gasteiger partial charge in [0, 0.05) is 30.2 Å². The molecule has 0 bridgehead atoms. The van der Waals surface area contributed by atoms with Gasteiger partial charge in [-0.1, -0.05) is 29.8 Å². The van der Waals surface area contributed by atoms with Crippen LogP contribution in [-0.2, 0) is 16.1 Å². The van der Waals surface area contributed by atoms with Crippen LogP contribution >= 0.6 is 11.6 Å². The lowest BCUT2D eigenvalue weighted by molar-refractivity contribution is -0.121. The van der Waals surface area contributed by atoms with Crippen molar-refractivity contribution in [2.45, 2.75) is 13.0 Å². The second-order valence-corrected chi connectivity index (χ2v) is 5.59. The van der Waals surface area contributed by atoms with Crippen LogP contribution in [0.25, 0.3) is 0 Å². The fourth-order valence-electron chi connectivity index (χ4n) is 2.09. The first-order valence-corrected chi connectivity index (χ1v) is 7.89. The normalized spacial score (nSPS) is 10.1. The standard InChI is InChI=1S/C18H19ClN2O3/c1-24-18(23)14-3-2-4-16(11-14)20-10-9-17(22)21-12-13-5-7-15(19)8-6-13/h2-8,11,20H,9-10,12H2,1H3,(H,21,22). The van der Waals surface area contributed by atoms with Crippen LogP contribution in [0.15, 0.2) is 48.5 Å². The highest BCUT2D eigenvalue weighted by molar-refractivity contribution is 6.30. The first-order valence-electron chi connectivity index (χ1n) is 7.52. The number of halogens is 1. The van der Waals surface area contributed by atoms with E-state index in [1.165, 1.54) is 7.11 Å². The van der Waals surface area contributed by atoms with Crippen molar-refractivity contribution in [3.8, 4) is 0 Å². The Labute approximate surface area is 146 Å². The summed E-state index contributed by atoms with van der Waals surface area (Å²) in [5.74, 6) is -0.444. The third-order valence-corrected chi connectivity index (χ3v) is 3.62. The van der Waals surface area contributed by atoms with Gasteiger partial charge in [-0.3, -0.25) is 4.79 Å². The molecular weight excluding hydrogens is 328 g/mol. The number of anilines is 1. The molecule has 0 aliphatic heterocycles. The van der Waals surface area contributed by atoms with Crippen molar-refractivity contribution in [1.29, 1.82) is 0 Å². The first-order chi connectivity index (χ1) is 11.6. The summed E-state index contributed by atoms with van der Waals surface area (Å²) in [6.07, 6.45) is 0.329. The summed E-state index contributed by atoms with van der Waals surface area (Å²) in [7, 11) is 1.34. The van der Waals surface area contributed by atoms with Crippen molar-refractivity contribution in [2.75, 3.05) is 19.0 Å². The van der Waals surface area contributed by atoms with Crippen molar-refractivity contribution in [3.05, 3.63) is 64.7 Å². The van der Waals surface area contributed by atoms with E-state index in [4.69, 9.17) is 11.6 Å². The summed E-state index contributed by atoms with van der Waals surface area (Å²) in [5, 5.41) is 6.63. The minimum atomic E-state index is -0.389. The quantitative estimate of drug-likeness (QED) is 0.755. The van der Waals surface area contributed by atoms with Gasteiger partial charge in [0.2, 0.25) is 5.91 Å². The zero-order valence-corrected chi connectivity index (χ0v) is 14.1. The molecule has 0 fully saturated rings. The van der Waals surface area contributed by atoms with Gasteiger partial charge in [-0.15, -0.1) is 0 Å². The van der Waals surface area contributed by atoms with E-state index in [2.05, 4.69) is 15.4 Å². The Hall–Kier alpha value is -2.53. The Balaban J connectivity index is 1.74. The van der Waals surface area contributed by atoms with Crippen molar-refractivity contribution < 1.29 is 14.3 Å². The summed E-state index contributed by atoms with van der Waals surface area (Å²) in [5.41, 5.74) is 2.23. The van der Waals surface area contributed by atoms with E-state index in [-0.39, 0.29) is 11.9 Å². The van der Waals surface area contributed by atoms with Crippen LogP contribution in [0, 0.1) is 0 Å². The van der Waals surface area contributed by atoms with Crippen molar-refractivity contribution in [1.82, 2.24) is 5.32 Å². The van der Waals surface area contributed by atoms with E-state index < -0.39 is 0 Å². The van der Waals surface area contributed by atoms with Gasteiger partial charge in [-0.05, 0) is 35.9 Å². The number of carbonyl (C=O) groups is 2. The molecule has 24 heavy (non-hydrogen) atoms. The van der Waals surface area contributed by atoms with E-state index in [0.717, 1.165) is 11.3 Å². The zero-order chi connectivity index (χ0) is 17.4. The Kier molecular flexibility index (Phi) is 6.63. The van der Waals surface area contributed by atoms with Crippen LogP contribution in [0.4, 0.5) is 5.69 Å². The Bertz CT molecular complexity index is 702. The highest BCUT2D eigenvalue weighted by Gasteiger charge is 2.06. The molecule has 0 saturated carbocycles. The van der Waals surface area contributed by atoms with Crippen molar-refractivity contribution in [3.63, 3.8) is 0 Å². The Morgan fingerprint density at radius 1 is 1.12 bits per heavy atom. The number of amides is 1. The topological polar surface area (TPSA) is 67.4 Å². The number of benzene rings is 2. The number of carbonyl (C=O) groups excluding carboxylic acids is 2. The van der Waals surface area contributed by atoms with Gasteiger partial charge < -0.3 is 15.4 Å². The average molecular weight is 347 g/mol. The maximum atomic E-state index is 11.8. The fourth-order valence-corrected chi connectivity index (χ4v) is 2.21. The molecule has 5 nitrogen and oxygen atoms in total. The molecule has 0 unspecified atom stereocenters. The van der Waals surface area contributed by atoms with Gasteiger partial charge in [-0.2, -0.15) is 0 Å². The molecule has 0 spiro atoms. The summed E-state index contributed by atoms with van der Waals surface area (Å²) in [6.45, 7) is 0.935. The maximum Gasteiger partial charge on any atom is 0.337 e. The minimum absolute atomic E-state index is 0.0541. The van der Waals surface area contributed by atoms with Gasteiger partial charge in [0.25, 0.3) is 0 Å². The highest BCUT2D eigenvalue weighted by Crippen LogP contribution is 2.12. The first kappa shape index (κ1) is 17.8. The molecule has 0 aliphatic rings. The number of hydrogen-bond acceptors (Lipinski definition) is 4. The maximum absolute atomic E-state index is 11.8. The van der Waals surface area contributed by atoms with Gasteiger partial charge in [0.1, 0.15) is 0 Å². The Morgan fingerprint density at radius 3 is 2.58 bits per heavy atom. The summed E-state index contributed by atoms with van der Waals surface area (Å²) in [6, 6.07) is 14.3. The molecule has 1 amide bonds. The van der Waals surface area contributed by atoms with Gasteiger partial charge >= 0.3 is 5.97 Å². The Morgan fingerprint density at radius 2 is 1.88 bits per heavy atom. The van der Waals surface area contributed by atoms with Crippen LogP contribution in [0.5, 0.6) is 0 Å². The van der Waals surface area contributed by atoms with Gasteiger partial charge in [0.15, 0.2) is 0 Å². The molecular formula is C18H19ClN2O3. The second kappa shape index (κ2) is 8.93. The largest absolute Gasteiger partial charge is 0.465 e. The fraction of sp³-hybridized carbons (Fsp3) is 0.222. The lowest BCUT2D eigenvalue weighted by atomic mass is 10.2. The van der Waals surface area contributed by atoms with Crippen molar-refractivity contribution in [2.24, 2.45) is 0 Å². The smallest absolute Gasteiger partial charge is 0.337 e. The van der Waals surface area contributed by atoms with E-state index in [1.54, 1.807) is 30.3 Å². The predicted molar refractivity (Wildman–Crippen MR) is 94.2 cm³/mol. The molecule has 126 valence electrons. The molecule has 6 heteroatoms. The molecule has 0 aromatic heterocycles. The van der Waals surface area contributed by atoms with E-state index in [9.17, 15) is 9.59 Å². The number of hydrogen-bond donors (Lipinski definition) is 2. The lowest BCUT2D eigenvalue weighted by Gasteiger charge is -2.09. The molecule has 0 radical (unpaired) electrons. The molecule has 2 aromatic carbocycles. The average Bonchev–Trinajstić information content (AvgIpc) is 2.61. The second-order valence-electron chi connectivity index (χ2n) is 5.15. The van der Waals surface area contributed by atoms with Crippen LogP contribution < -0.4 is 10.6 Å². The van der Waals surface area contributed by atoms with Crippen LogP contribution in [0.1, 0.15) is 22.3 Å². The molecule has 2 aromatic rings. The number of ether oxygens (including phenoxy) is 1. The molecule has 0 atom stereocenters. The van der Waals surface area contributed by atoms with E-state index >= 15 is 0 Å². The number of esters is 1. The highest BCUT2D eigenvalue weighted by atomic mass is 35.5. The molecule has 2 rings (SSSR count). The number of methoxy groups -OCH3 is 1. The lowest BCUT2D eigenvalue weighted by Crippen LogP contribution is -2.24. The molecule has 0 aliphatic carbocycles.